The summed E-state index contributed by atoms with van der Waals surface area (Å²) in [5.74, 6) is 0. The molecule has 0 fully saturated rings. The van der Waals surface area contributed by atoms with Crippen molar-refractivity contribution in [3.8, 4) is 0 Å². The number of aromatic amines is 1. The summed E-state index contributed by atoms with van der Waals surface area (Å²) >= 11 is 5.99. The van der Waals surface area contributed by atoms with Crippen LogP contribution in [0.15, 0.2) is 48.0 Å². The summed E-state index contributed by atoms with van der Waals surface area (Å²) in [5, 5.41) is 1.15. The molecule has 1 aromatic carbocycles. The number of rotatable bonds is 3. The molecule has 0 atom stereocenters. The molecule has 0 saturated carbocycles. The van der Waals surface area contributed by atoms with E-state index in [4.69, 9.17) is 11.6 Å². The Labute approximate surface area is 119 Å². The molecule has 0 bridgehead atoms. The zero-order valence-corrected chi connectivity index (χ0v) is 11.6. The lowest BCUT2D eigenvalue weighted by atomic mass is 10.2. The third-order valence-corrected chi connectivity index (χ3v) is 4.19. The molecule has 3 aromatic rings. The van der Waals surface area contributed by atoms with E-state index in [2.05, 4.69) is 19.7 Å². The number of anilines is 1. The van der Waals surface area contributed by atoms with Crippen LogP contribution in [0, 0.1) is 0 Å². The van der Waals surface area contributed by atoms with E-state index in [-0.39, 0.29) is 5.03 Å². The Morgan fingerprint density at radius 1 is 1.30 bits per heavy atom. The molecule has 0 unspecified atom stereocenters. The first kappa shape index (κ1) is 12.9. The summed E-state index contributed by atoms with van der Waals surface area (Å²) in [6, 6.07) is 6.80. The van der Waals surface area contributed by atoms with Crippen LogP contribution in [0.1, 0.15) is 0 Å². The summed E-state index contributed by atoms with van der Waals surface area (Å²) in [5.41, 5.74) is 0.850. The molecule has 102 valence electrons. The van der Waals surface area contributed by atoms with Crippen LogP contribution in [-0.2, 0) is 10.0 Å². The lowest BCUT2D eigenvalue weighted by molar-refractivity contribution is 0.598. The van der Waals surface area contributed by atoms with Crippen LogP contribution in [-0.4, -0.2) is 23.4 Å². The molecule has 0 aliphatic heterocycles. The number of halogens is 1. The third-order valence-electron chi connectivity index (χ3n) is 2.68. The number of pyridine rings is 1. The summed E-state index contributed by atoms with van der Waals surface area (Å²) in [7, 11) is -3.74. The van der Waals surface area contributed by atoms with Gasteiger partial charge in [0.25, 0.3) is 10.0 Å². The van der Waals surface area contributed by atoms with E-state index >= 15 is 0 Å². The minimum atomic E-state index is -3.74. The molecule has 0 aliphatic rings. The molecule has 2 N–H and O–H groups in total. The number of nitrogens with zero attached hydrogens (tertiary/aromatic N) is 2. The quantitative estimate of drug-likeness (QED) is 0.777. The van der Waals surface area contributed by atoms with Gasteiger partial charge in [0.15, 0.2) is 5.03 Å². The number of imidazole rings is 1. The average molecular weight is 309 g/mol. The third kappa shape index (κ3) is 2.33. The van der Waals surface area contributed by atoms with Gasteiger partial charge >= 0.3 is 0 Å². The molecular formula is C12H9ClN4O2S. The van der Waals surface area contributed by atoms with Gasteiger partial charge in [-0.3, -0.25) is 9.71 Å². The molecular weight excluding hydrogens is 300 g/mol. The predicted octanol–water partition coefficient (Wildman–Crippen LogP) is 2.41. The SMILES string of the molecule is O=S(=O)(Nc1cc(Cl)cc2cccnc12)c1cnc[nH]1. The Bertz CT molecular complexity index is 862. The predicted molar refractivity (Wildman–Crippen MR) is 76.1 cm³/mol. The van der Waals surface area contributed by atoms with Gasteiger partial charge in [-0.05, 0) is 18.2 Å². The molecule has 2 aromatic heterocycles. The molecule has 3 rings (SSSR count). The van der Waals surface area contributed by atoms with Crippen molar-refractivity contribution in [2.75, 3.05) is 4.72 Å². The van der Waals surface area contributed by atoms with Crippen molar-refractivity contribution in [3.63, 3.8) is 0 Å². The smallest absolute Gasteiger partial charge is 0.279 e. The van der Waals surface area contributed by atoms with Gasteiger partial charge in [-0.1, -0.05) is 17.7 Å². The fourth-order valence-electron chi connectivity index (χ4n) is 1.82. The Balaban J connectivity index is 2.12. The van der Waals surface area contributed by atoms with Crippen molar-refractivity contribution in [1.82, 2.24) is 15.0 Å². The van der Waals surface area contributed by atoms with Gasteiger partial charge in [0, 0.05) is 16.6 Å². The second kappa shape index (κ2) is 4.77. The van der Waals surface area contributed by atoms with Gasteiger partial charge in [-0.2, -0.15) is 8.42 Å². The average Bonchev–Trinajstić information content (AvgIpc) is 2.92. The van der Waals surface area contributed by atoms with E-state index in [1.165, 1.54) is 18.6 Å². The lowest BCUT2D eigenvalue weighted by Gasteiger charge is -2.09. The molecule has 20 heavy (non-hydrogen) atoms. The van der Waals surface area contributed by atoms with E-state index in [1.54, 1.807) is 18.3 Å². The number of hydrogen-bond acceptors (Lipinski definition) is 4. The maximum absolute atomic E-state index is 12.2. The largest absolute Gasteiger partial charge is 0.334 e. The van der Waals surface area contributed by atoms with Crippen molar-refractivity contribution >= 4 is 38.2 Å². The summed E-state index contributed by atoms with van der Waals surface area (Å²) in [6.07, 6.45) is 4.11. The van der Waals surface area contributed by atoms with E-state index in [0.717, 1.165) is 5.39 Å². The second-order valence-electron chi connectivity index (χ2n) is 4.05. The van der Waals surface area contributed by atoms with Crippen molar-refractivity contribution < 1.29 is 8.42 Å². The Morgan fingerprint density at radius 2 is 2.15 bits per heavy atom. The summed E-state index contributed by atoms with van der Waals surface area (Å²) < 4.78 is 26.8. The number of fused-ring (bicyclic) bond motifs is 1. The molecule has 8 heteroatoms. The van der Waals surface area contributed by atoms with Gasteiger partial charge in [0.05, 0.1) is 23.7 Å². The minimum absolute atomic E-state index is 0.0263. The topological polar surface area (TPSA) is 87.7 Å². The highest BCUT2D eigenvalue weighted by Gasteiger charge is 2.17. The highest BCUT2D eigenvalue weighted by atomic mass is 35.5. The zero-order valence-electron chi connectivity index (χ0n) is 10.0. The minimum Gasteiger partial charge on any atom is -0.334 e. The first-order valence-corrected chi connectivity index (χ1v) is 7.48. The van der Waals surface area contributed by atoms with Crippen LogP contribution in [0.2, 0.25) is 5.02 Å². The van der Waals surface area contributed by atoms with Crippen LogP contribution in [0.4, 0.5) is 5.69 Å². The van der Waals surface area contributed by atoms with Gasteiger partial charge in [-0.25, -0.2) is 4.98 Å². The monoisotopic (exact) mass is 308 g/mol. The highest BCUT2D eigenvalue weighted by molar-refractivity contribution is 7.92. The molecule has 0 radical (unpaired) electrons. The first-order chi connectivity index (χ1) is 9.56. The highest BCUT2D eigenvalue weighted by Crippen LogP contribution is 2.27. The van der Waals surface area contributed by atoms with Crippen molar-refractivity contribution in [2.24, 2.45) is 0 Å². The molecule has 6 nitrogen and oxygen atoms in total. The maximum Gasteiger partial charge on any atom is 0.279 e. The fourth-order valence-corrected chi connectivity index (χ4v) is 3.01. The van der Waals surface area contributed by atoms with Gasteiger partial charge in [0.2, 0.25) is 0 Å². The Kier molecular flexibility index (Phi) is 3.07. The summed E-state index contributed by atoms with van der Waals surface area (Å²) in [4.78, 5) is 10.4. The molecule has 2 heterocycles. The van der Waals surface area contributed by atoms with Crippen LogP contribution in [0.3, 0.4) is 0 Å². The van der Waals surface area contributed by atoms with Crippen molar-refractivity contribution in [2.45, 2.75) is 5.03 Å². The van der Waals surface area contributed by atoms with Crippen LogP contribution in [0.5, 0.6) is 0 Å². The van der Waals surface area contributed by atoms with E-state index in [0.29, 0.717) is 16.2 Å². The number of sulfonamides is 1. The first-order valence-electron chi connectivity index (χ1n) is 5.62. The Morgan fingerprint density at radius 3 is 2.90 bits per heavy atom. The van der Waals surface area contributed by atoms with E-state index in [1.807, 2.05) is 6.07 Å². The van der Waals surface area contributed by atoms with Crippen molar-refractivity contribution in [3.05, 3.63) is 48.0 Å². The molecule has 0 amide bonds. The number of hydrogen-bond donors (Lipinski definition) is 2. The van der Waals surface area contributed by atoms with E-state index in [9.17, 15) is 8.42 Å². The number of benzene rings is 1. The van der Waals surface area contributed by atoms with Gasteiger partial charge in [-0.15, -0.1) is 0 Å². The zero-order chi connectivity index (χ0) is 14.2. The molecule has 0 spiro atoms. The lowest BCUT2D eigenvalue weighted by Crippen LogP contribution is -2.13. The van der Waals surface area contributed by atoms with Gasteiger partial charge < -0.3 is 4.98 Å². The van der Waals surface area contributed by atoms with Crippen LogP contribution >= 0.6 is 11.6 Å². The van der Waals surface area contributed by atoms with Crippen LogP contribution < -0.4 is 4.72 Å². The second-order valence-corrected chi connectivity index (χ2v) is 6.14. The molecule has 0 aliphatic carbocycles. The Hall–Kier alpha value is -2.12. The molecule has 0 saturated heterocycles. The van der Waals surface area contributed by atoms with Crippen molar-refractivity contribution in [1.29, 1.82) is 0 Å². The number of aromatic nitrogens is 3. The normalized spacial score (nSPS) is 11.7. The number of nitrogens with one attached hydrogen (secondary N) is 2. The van der Waals surface area contributed by atoms with Crippen LogP contribution in [0.25, 0.3) is 10.9 Å². The maximum atomic E-state index is 12.2. The van der Waals surface area contributed by atoms with E-state index < -0.39 is 10.0 Å². The fraction of sp³-hybridized carbons (Fsp3) is 0. The number of H-pyrrole nitrogens is 1. The summed E-state index contributed by atoms with van der Waals surface area (Å²) in [6.45, 7) is 0. The standard InChI is InChI=1S/C12H9ClN4O2S/c13-9-4-8-2-1-3-15-12(8)10(5-9)17-20(18,19)11-6-14-7-16-11/h1-7,17H,(H,14,16). The van der Waals surface area contributed by atoms with Gasteiger partial charge in [0.1, 0.15) is 0 Å².